The van der Waals surface area contributed by atoms with Gasteiger partial charge in [0.1, 0.15) is 0 Å². The summed E-state index contributed by atoms with van der Waals surface area (Å²) in [6.07, 6.45) is 0. The zero-order valence-electron chi connectivity index (χ0n) is 7.91. The predicted molar refractivity (Wildman–Crippen MR) is 53.8 cm³/mol. The van der Waals surface area contributed by atoms with E-state index in [0.717, 1.165) is 6.54 Å². The van der Waals surface area contributed by atoms with Crippen molar-refractivity contribution in [1.82, 2.24) is 10.2 Å². The van der Waals surface area contributed by atoms with Crippen LogP contribution in [0.5, 0.6) is 0 Å². The van der Waals surface area contributed by atoms with Crippen LogP contribution in [-0.2, 0) is 14.3 Å². The van der Waals surface area contributed by atoms with Crippen molar-refractivity contribution in [1.29, 1.82) is 0 Å². The Morgan fingerprint density at radius 1 is 1.64 bits per heavy atom. The number of ketones is 1. The van der Waals surface area contributed by atoms with E-state index in [1.54, 1.807) is 11.8 Å². The maximum Gasteiger partial charge on any atom is 0.376 e. The number of nitrogens with one attached hydrogen (secondary N) is 1. The van der Waals surface area contributed by atoms with Crippen molar-refractivity contribution in [2.45, 2.75) is 6.92 Å². The second kappa shape index (κ2) is 4.90. The number of Topliss-reactive ketones (excluding diaryl/α,β-unsaturated/α-hetero) is 1. The van der Waals surface area contributed by atoms with Gasteiger partial charge in [0.2, 0.25) is 0 Å². The molecule has 0 spiro atoms. The van der Waals surface area contributed by atoms with Crippen LogP contribution in [0.3, 0.4) is 0 Å². The number of carbonyl (C=O) groups excluding carboxylic acids is 2. The quantitative estimate of drug-likeness (QED) is 0.381. The molecule has 0 saturated carbocycles. The molecule has 5 nitrogen and oxygen atoms in total. The Morgan fingerprint density at radius 2 is 2.36 bits per heavy atom. The van der Waals surface area contributed by atoms with E-state index < -0.39 is 11.8 Å². The van der Waals surface area contributed by atoms with Crippen LogP contribution in [0.15, 0.2) is 0 Å². The molecule has 78 valence electrons. The molecule has 1 aliphatic heterocycles. The van der Waals surface area contributed by atoms with Crippen molar-refractivity contribution >= 4 is 29.1 Å². The molecule has 0 atom stereocenters. The van der Waals surface area contributed by atoms with Crippen LogP contribution in [0.2, 0.25) is 0 Å². The highest BCUT2D eigenvalue weighted by Gasteiger charge is 2.23. The lowest BCUT2D eigenvalue weighted by atomic mass is 10.3. The summed E-state index contributed by atoms with van der Waals surface area (Å²) in [6.45, 7) is 3.25. The van der Waals surface area contributed by atoms with E-state index >= 15 is 0 Å². The third-order valence-corrected chi connectivity index (χ3v) is 2.19. The molecule has 1 rings (SSSR count). The number of rotatable bonds is 4. The highest BCUT2D eigenvalue weighted by atomic mass is 32.1. The van der Waals surface area contributed by atoms with Gasteiger partial charge in [0.15, 0.2) is 5.11 Å². The van der Waals surface area contributed by atoms with Crippen molar-refractivity contribution in [3.8, 4) is 0 Å². The van der Waals surface area contributed by atoms with E-state index in [2.05, 4.69) is 10.1 Å². The molecular formula is C8H12N2O3S. The number of hydrogen-bond acceptors (Lipinski definition) is 4. The average Bonchev–Trinajstić information content (AvgIpc) is 2.52. The van der Waals surface area contributed by atoms with Crippen LogP contribution >= 0.6 is 12.2 Å². The van der Waals surface area contributed by atoms with E-state index in [9.17, 15) is 9.59 Å². The molecule has 0 unspecified atom stereocenters. The second-order valence-electron chi connectivity index (χ2n) is 2.80. The SMILES string of the molecule is CCOC(=O)C(=O)CN1CCNC1=S. The second-order valence-corrected chi connectivity index (χ2v) is 3.18. The third kappa shape index (κ3) is 2.66. The molecule has 0 amide bonds. The number of hydrogen-bond donors (Lipinski definition) is 1. The first-order chi connectivity index (χ1) is 6.65. The van der Waals surface area contributed by atoms with Crippen LogP contribution in [-0.4, -0.2) is 48.0 Å². The van der Waals surface area contributed by atoms with Crippen molar-refractivity contribution in [3.05, 3.63) is 0 Å². The van der Waals surface area contributed by atoms with Crippen molar-refractivity contribution in [2.24, 2.45) is 0 Å². The average molecular weight is 216 g/mol. The Balaban J connectivity index is 2.40. The summed E-state index contributed by atoms with van der Waals surface area (Å²) in [4.78, 5) is 23.9. The van der Waals surface area contributed by atoms with Gasteiger partial charge in [0.25, 0.3) is 5.78 Å². The minimum atomic E-state index is -0.790. The van der Waals surface area contributed by atoms with Crippen molar-refractivity contribution in [2.75, 3.05) is 26.2 Å². The Kier molecular flexibility index (Phi) is 3.82. The van der Waals surface area contributed by atoms with Crippen molar-refractivity contribution < 1.29 is 14.3 Å². The van der Waals surface area contributed by atoms with Gasteiger partial charge in [-0.1, -0.05) is 0 Å². The number of ether oxygens (including phenoxy) is 1. The van der Waals surface area contributed by atoms with E-state index in [1.807, 2.05) is 0 Å². The Hall–Kier alpha value is -1.17. The molecule has 1 saturated heterocycles. The summed E-state index contributed by atoms with van der Waals surface area (Å²) in [5.41, 5.74) is 0. The molecule has 1 heterocycles. The normalized spacial score (nSPS) is 15.2. The standard InChI is InChI=1S/C8H12N2O3S/c1-2-13-7(12)6(11)5-10-4-3-9-8(10)14/h2-5H2,1H3,(H,9,14). The van der Waals surface area contributed by atoms with Gasteiger partial charge >= 0.3 is 5.97 Å². The zero-order valence-corrected chi connectivity index (χ0v) is 8.73. The molecule has 6 heteroatoms. The zero-order chi connectivity index (χ0) is 10.6. The highest BCUT2D eigenvalue weighted by Crippen LogP contribution is 1.97. The predicted octanol–water partition coefficient (Wildman–Crippen LogP) is -0.691. The molecule has 1 aliphatic rings. The third-order valence-electron chi connectivity index (χ3n) is 1.78. The van der Waals surface area contributed by atoms with E-state index in [-0.39, 0.29) is 13.2 Å². The van der Waals surface area contributed by atoms with Gasteiger partial charge in [-0.3, -0.25) is 4.79 Å². The smallest absolute Gasteiger partial charge is 0.376 e. The van der Waals surface area contributed by atoms with Crippen LogP contribution in [0.4, 0.5) is 0 Å². The minimum absolute atomic E-state index is 0.00463. The van der Waals surface area contributed by atoms with Gasteiger partial charge in [-0.2, -0.15) is 0 Å². The molecule has 1 N–H and O–H groups in total. The van der Waals surface area contributed by atoms with Crippen LogP contribution < -0.4 is 5.32 Å². The Morgan fingerprint density at radius 3 is 2.86 bits per heavy atom. The first-order valence-corrected chi connectivity index (χ1v) is 4.78. The fraction of sp³-hybridized carbons (Fsp3) is 0.625. The number of thiocarbonyl (C=S) groups is 1. The van der Waals surface area contributed by atoms with Crippen LogP contribution in [0, 0.1) is 0 Å². The number of nitrogens with zero attached hydrogens (tertiary/aromatic N) is 1. The largest absolute Gasteiger partial charge is 0.460 e. The maximum atomic E-state index is 11.2. The van der Waals surface area contributed by atoms with E-state index in [4.69, 9.17) is 12.2 Å². The molecule has 0 aromatic heterocycles. The van der Waals surface area contributed by atoms with E-state index in [1.165, 1.54) is 0 Å². The van der Waals surface area contributed by atoms with Gasteiger partial charge in [-0.25, -0.2) is 4.79 Å². The Labute approximate surface area is 87.4 Å². The Bertz CT molecular complexity index is 267. The molecule has 14 heavy (non-hydrogen) atoms. The maximum absolute atomic E-state index is 11.2. The minimum Gasteiger partial charge on any atom is -0.460 e. The molecule has 0 radical (unpaired) electrons. The molecule has 0 aliphatic carbocycles. The van der Waals surface area contributed by atoms with Crippen LogP contribution in [0.25, 0.3) is 0 Å². The molecule has 0 aromatic carbocycles. The summed E-state index contributed by atoms with van der Waals surface area (Å²) >= 11 is 4.92. The summed E-state index contributed by atoms with van der Waals surface area (Å²) in [7, 11) is 0. The van der Waals surface area contributed by atoms with Gasteiger partial charge < -0.3 is 15.0 Å². The summed E-state index contributed by atoms with van der Waals surface area (Å²) in [6, 6.07) is 0. The molecule has 1 fully saturated rings. The summed E-state index contributed by atoms with van der Waals surface area (Å²) in [5.74, 6) is -1.35. The lowest BCUT2D eigenvalue weighted by Gasteiger charge is -2.14. The lowest BCUT2D eigenvalue weighted by molar-refractivity contribution is -0.153. The number of carbonyl (C=O) groups is 2. The fourth-order valence-corrected chi connectivity index (χ4v) is 1.37. The van der Waals surface area contributed by atoms with Gasteiger partial charge in [-0.15, -0.1) is 0 Å². The first kappa shape index (κ1) is 10.9. The van der Waals surface area contributed by atoms with Crippen LogP contribution in [0.1, 0.15) is 6.92 Å². The topological polar surface area (TPSA) is 58.6 Å². The van der Waals surface area contributed by atoms with Gasteiger partial charge in [-0.05, 0) is 19.1 Å². The lowest BCUT2D eigenvalue weighted by Crippen LogP contribution is -2.36. The fourth-order valence-electron chi connectivity index (χ4n) is 1.11. The van der Waals surface area contributed by atoms with E-state index in [0.29, 0.717) is 11.7 Å². The molecule has 0 bridgehead atoms. The number of esters is 1. The van der Waals surface area contributed by atoms with Crippen molar-refractivity contribution in [3.63, 3.8) is 0 Å². The highest BCUT2D eigenvalue weighted by molar-refractivity contribution is 7.80. The molecular weight excluding hydrogens is 204 g/mol. The molecule has 0 aromatic rings. The summed E-state index contributed by atoms with van der Waals surface area (Å²) in [5, 5.41) is 3.42. The van der Waals surface area contributed by atoms with Gasteiger partial charge in [0, 0.05) is 13.1 Å². The monoisotopic (exact) mass is 216 g/mol. The van der Waals surface area contributed by atoms with Gasteiger partial charge in [0.05, 0.1) is 13.2 Å². The summed E-state index contributed by atoms with van der Waals surface area (Å²) < 4.78 is 4.57. The first-order valence-electron chi connectivity index (χ1n) is 4.38.